The third-order valence-electron chi connectivity index (χ3n) is 2.67. The molecular weight excluding hydrogens is 309 g/mol. The van der Waals surface area contributed by atoms with Crippen LogP contribution in [0, 0.1) is 5.82 Å². The van der Waals surface area contributed by atoms with Crippen molar-refractivity contribution in [2.45, 2.75) is 13.5 Å². The minimum atomic E-state index is -0.226. The average Bonchev–Trinajstić information content (AvgIpc) is 2.40. The zero-order valence-electron chi connectivity index (χ0n) is 10.6. The molecule has 4 heteroatoms. The molecule has 19 heavy (non-hydrogen) atoms. The van der Waals surface area contributed by atoms with E-state index in [4.69, 9.17) is 4.74 Å². The predicted octanol–water partition coefficient (Wildman–Crippen LogP) is 4.60. The second-order valence-corrected chi connectivity index (χ2v) is 4.93. The zero-order valence-corrected chi connectivity index (χ0v) is 12.2. The van der Waals surface area contributed by atoms with Crippen LogP contribution in [0.1, 0.15) is 12.5 Å². The third kappa shape index (κ3) is 3.70. The SMILES string of the molecule is CCOc1ccccc1NCc1ccc(Br)cc1F. The van der Waals surface area contributed by atoms with Crippen molar-refractivity contribution in [3.8, 4) is 5.75 Å². The molecule has 2 nitrogen and oxygen atoms in total. The maximum atomic E-state index is 13.7. The lowest BCUT2D eigenvalue weighted by Gasteiger charge is -2.12. The van der Waals surface area contributed by atoms with E-state index >= 15 is 0 Å². The van der Waals surface area contributed by atoms with Gasteiger partial charge in [0.2, 0.25) is 0 Å². The van der Waals surface area contributed by atoms with Gasteiger partial charge in [0.25, 0.3) is 0 Å². The van der Waals surface area contributed by atoms with Gasteiger partial charge in [-0.2, -0.15) is 0 Å². The molecule has 2 aromatic carbocycles. The van der Waals surface area contributed by atoms with Crippen LogP contribution in [0.15, 0.2) is 46.9 Å². The van der Waals surface area contributed by atoms with Gasteiger partial charge in [-0.05, 0) is 31.2 Å². The van der Waals surface area contributed by atoms with Crippen LogP contribution in [0.4, 0.5) is 10.1 Å². The number of nitrogens with one attached hydrogen (secondary N) is 1. The van der Waals surface area contributed by atoms with Crippen LogP contribution in [0.3, 0.4) is 0 Å². The van der Waals surface area contributed by atoms with E-state index in [9.17, 15) is 4.39 Å². The Balaban J connectivity index is 2.10. The molecule has 0 radical (unpaired) electrons. The van der Waals surface area contributed by atoms with Crippen LogP contribution < -0.4 is 10.1 Å². The summed E-state index contributed by atoms with van der Waals surface area (Å²) >= 11 is 3.24. The molecule has 0 unspecified atom stereocenters. The molecule has 100 valence electrons. The van der Waals surface area contributed by atoms with Crippen LogP contribution in [0.25, 0.3) is 0 Å². The summed E-state index contributed by atoms with van der Waals surface area (Å²) in [6, 6.07) is 12.7. The fraction of sp³-hybridized carbons (Fsp3) is 0.200. The Bertz CT molecular complexity index is 560. The molecule has 0 amide bonds. The van der Waals surface area contributed by atoms with Gasteiger partial charge in [-0.3, -0.25) is 0 Å². The van der Waals surface area contributed by atoms with Crippen molar-refractivity contribution >= 4 is 21.6 Å². The summed E-state index contributed by atoms with van der Waals surface area (Å²) in [7, 11) is 0. The lowest BCUT2D eigenvalue weighted by molar-refractivity contribution is 0.341. The number of hydrogen-bond donors (Lipinski definition) is 1. The quantitative estimate of drug-likeness (QED) is 0.868. The first-order chi connectivity index (χ1) is 9.20. The molecule has 2 rings (SSSR count). The van der Waals surface area contributed by atoms with Gasteiger partial charge in [-0.15, -0.1) is 0 Å². The zero-order chi connectivity index (χ0) is 13.7. The summed E-state index contributed by atoms with van der Waals surface area (Å²) in [5.74, 6) is 0.554. The average molecular weight is 324 g/mol. The number of hydrogen-bond acceptors (Lipinski definition) is 2. The van der Waals surface area contributed by atoms with Gasteiger partial charge in [0.05, 0.1) is 12.3 Å². The maximum Gasteiger partial charge on any atom is 0.142 e. The van der Waals surface area contributed by atoms with Crippen LogP contribution in [-0.2, 0) is 6.54 Å². The Morgan fingerprint density at radius 1 is 1.21 bits per heavy atom. The normalized spacial score (nSPS) is 10.3. The smallest absolute Gasteiger partial charge is 0.142 e. The molecule has 0 atom stereocenters. The predicted molar refractivity (Wildman–Crippen MR) is 79.0 cm³/mol. The summed E-state index contributed by atoms with van der Waals surface area (Å²) in [4.78, 5) is 0. The van der Waals surface area contributed by atoms with E-state index in [0.29, 0.717) is 18.7 Å². The molecule has 0 bridgehead atoms. The van der Waals surface area contributed by atoms with E-state index in [1.807, 2.05) is 37.3 Å². The van der Waals surface area contributed by atoms with Crippen LogP contribution >= 0.6 is 15.9 Å². The van der Waals surface area contributed by atoms with E-state index < -0.39 is 0 Å². The Kier molecular flexibility index (Phi) is 4.80. The van der Waals surface area contributed by atoms with Gasteiger partial charge in [0.1, 0.15) is 11.6 Å². The van der Waals surface area contributed by atoms with E-state index in [1.165, 1.54) is 6.07 Å². The summed E-state index contributed by atoms with van der Waals surface area (Å²) in [6.07, 6.45) is 0. The van der Waals surface area contributed by atoms with Crippen molar-refractivity contribution in [1.29, 1.82) is 0 Å². The van der Waals surface area contributed by atoms with Crippen molar-refractivity contribution in [3.63, 3.8) is 0 Å². The van der Waals surface area contributed by atoms with Gasteiger partial charge in [-0.1, -0.05) is 34.1 Å². The standard InChI is InChI=1S/C15H15BrFNO/c1-2-19-15-6-4-3-5-14(15)18-10-11-7-8-12(16)9-13(11)17/h3-9,18H,2,10H2,1H3. The lowest BCUT2D eigenvalue weighted by Crippen LogP contribution is -2.04. The highest BCUT2D eigenvalue weighted by atomic mass is 79.9. The van der Waals surface area contributed by atoms with E-state index in [-0.39, 0.29) is 5.82 Å². The molecule has 0 aliphatic heterocycles. The second-order valence-electron chi connectivity index (χ2n) is 4.02. The number of para-hydroxylation sites is 2. The van der Waals surface area contributed by atoms with Gasteiger partial charge < -0.3 is 10.1 Å². The molecule has 0 fully saturated rings. The summed E-state index contributed by atoms with van der Waals surface area (Å²) in [5, 5.41) is 3.19. The Labute approximate surface area is 120 Å². The molecule has 0 spiro atoms. The second kappa shape index (κ2) is 6.57. The van der Waals surface area contributed by atoms with Crippen molar-refractivity contribution in [3.05, 3.63) is 58.3 Å². The van der Waals surface area contributed by atoms with E-state index in [1.54, 1.807) is 6.07 Å². The van der Waals surface area contributed by atoms with Crippen molar-refractivity contribution in [2.75, 3.05) is 11.9 Å². The van der Waals surface area contributed by atoms with Crippen molar-refractivity contribution < 1.29 is 9.13 Å². The molecule has 0 saturated heterocycles. The minimum Gasteiger partial charge on any atom is -0.492 e. The number of benzene rings is 2. The summed E-state index contributed by atoms with van der Waals surface area (Å²) in [6.45, 7) is 2.96. The molecule has 0 heterocycles. The largest absolute Gasteiger partial charge is 0.492 e. The Morgan fingerprint density at radius 3 is 2.74 bits per heavy atom. The molecular formula is C15H15BrFNO. The van der Waals surface area contributed by atoms with Gasteiger partial charge >= 0.3 is 0 Å². The van der Waals surface area contributed by atoms with Gasteiger partial charge in [0.15, 0.2) is 0 Å². The summed E-state index contributed by atoms with van der Waals surface area (Å²) in [5.41, 5.74) is 1.49. The first-order valence-corrected chi connectivity index (χ1v) is 6.89. The van der Waals surface area contributed by atoms with Gasteiger partial charge in [0, 0.05) is 16.6 Å². The highest BCUT2D eigenvalue weighted by molar-refractivity contribution is 9.10. The molecule has 2 aromatic rings. The monoisotopic (exact) mass is 323 g/mol. The van der Waals surface area contributed by atoms with Crippen LogP contribution in [0.5, 0.6) is 5.75 Å². The number of rotatable bonds is 5. The maximum absolute atomic E-state index is 13.7. The first-order valence-electron chi connectivity index (χ1n) is 6.10. The highest BCUT2D eigenvalue weighted by Gasteiger charge is 2.05. The number of halogens is 2. The third-order valence-corrected chi connectivity index (χ3v) is 3.16. The molecule has 1 N–H and O–H groups in total. The number of anilines is 1. The van der Waals surface area contributed by atoms with Crippen molar-refractivity contribution in [1.82, 2.24) is 0 Å². The van der Waals surface area contributed by atoms with E-state index in [0.717, 1.165) is 15.9 Å². The topological polar surface area (TPSA) is 21.3 Å². The number of ether oxygens (including phenoxy) is 1. The Morgan fingerprint density at radius 2 is 2.00 bits per heavy atom. The van der Waals surface area contributed by atoms with Crippen LogP contribution in [-0.4, -0.2) is 6.61 Å². The van der Waals surface area contributed by atoms with E-state index in [2.05, 4.69) is 21.2 Å². The summed E-state index contributed by atoms with van der Waals surface area (Å²) < 4.78 is 20.0. The lowest BCUT2D eigenvalue weighted by atomic mass is 10.2. The fourth-order valence-electron chi connectivity index (χ4n) is 1.75. The fourth-order valence-corrected chi connectivity index (χ4v) is 2.08. The molecule has 0 aliphatic carbocycles. The van der Waals surface area contributed by atoms with Gasteiger partial charge in [-0.25, -0.2) is 4.39 Å². The Hall–Kier alpha value is -1.55. The first kappa shape index (κ1) is 13.9. The molecule has 0 aromatic heterocycles. The minimum absolute atomic E-state index is 0.226. The van der Waals surface area contributed by atoms with Crippen molar-refractivity contribution in [2.24, 2.45) is 0 Å². The molecule has 0 aliphatic rings. The van der Waals surface area contributed by atoms with Crippen LogP contribution in [0.2, 0.25) is 0 Å². The highest BCUT2D eigenvalue weighted by Crippen LogP contribution is 2.25. The molecule has 0 saturated carbocycles.